The Morgan fingerprint density at radius 3 is 2.57 bits per heavy atom. The Balaban J connectivity index is 2.69. The molecule has 1 rings (SSSR count). The number of furan rings is 1. The van der Waals surface area contributed by atoms with Gasteiger partial charge < -0.3 is 9.52 Å². The van der Waals surface area contributed by atoms with E-state index in [1.807, 2.05) is 13.8 Å². The fourth-order valence-electron chi connectivity index (χ4n) is 1.29. The third-order valence-corrected chi connectivity index (χ3v) is 2.60. The first-order valence-electron chi connectivity index (χ1n) is 4.47. The average Bonchev–Trinajstić information content (AvgIpc) is 2.46. The number of hydrogen-bond donors (Lipinski definition) is 1. The second-order valence-corrected chi connectivity index (χ2v) is 4.38. The van der Waals surface area contributed by atoms with Crippen LogP contribution in [0.25, 0.3) is 0 Å². The highest BCUT2D eigenvalue weighted by atomic mass is 79.9. The molecule has 0 amide bonds. The molecule has 0 aromatic carbocycles. The zero-order chi connectivity index (χ0) is 10.7. The van der Waals surface area contributed by atoms with Crippen molar-refractivity contribution in [2.24, 2.45) is 11.8 Å². The van der Waals surface area contributed by atoms with Crippen LogP contribution >= 0.6 is 15.9 Å². The predicted octanol–water partition coefficient (Wildman–Crippen LogP) is 2.94. The van der Waals surface area contributed by atoms with E-state index >= 15 is 0 Å². The van der Waals surface area contributed by atoms with Gasteiger partial charge in [-0.3, -0.25) is 4.79 Å². The van der Waals surface area contributed by atoms with E-state index in [1.165, 1.54) is 0 Å². The number of carboxylic acids is 1. The molecule has 78 valence electrons. The van der Waals surface area contributed by atoms with E-state index in [1.54, 1.807) is 12.1 Å². The third-order valence-electron chi connectivity index (χ3n) is 2.17. The zero-order valence-corrected chi connectivity index (χ0v) is 9.74. The molecule has 1 aromatic heterocycles. The maximum absolute atomic E-state index is 10.9. The molecule has 1 heterocycles. The van der Waals surface area contributed by atoms with Crippen LogP contribution in [0.15, 0.2) is 21.2 Å². The van der Waals surface area contributed by atoms with Crippen LogP contribution < -0.4 is 0 Å². The van der Waals surface area contributed by atoms with Gasteiger partial charge in [0.2, 0.25) is 0 Å². The number of hydrogen-bond acceptors (Lipinski definition) is 2. The van der Waals surface area contributed by atoms with Gasteiger partial charge in [-0.2, -0.15) is 0 Å². The molecule has 4 heteroatoms. The summed E-state index contributed by atoms with van der Waals surface area (Å²) in [7, 11) is 0. The second kappa shape index (κ2) is 4.64. The van der Waals surface area contributed by atoms with Gasteiger partial charge in [-0.15, -0.1) is 0 Å². The number of rotatable bonds is 4. The average molecular weight is 261 g/mol. The van der Waals surface area contributed by atoms with Crippen LogP contribution in [0.5, 0.6) is 0 Å². The van der Waals surface area contributed by atoms with Crippen molar-refractivity contribution in [3.8, 4) is 0 Å². The lowest BCUT2D eigenvalue weighted by Gasteiger charge is -2.14. The van der Waals surface area contributed by atoms with Crippen LogP contribution in [-0.2, 0) is 11.2 Å². The summed E-state index contributed by atoms with van der Waals surface area (Å²) in [5, 5.41) is 8.96. The summed E-state index contributed by atoms with van der Waals surface area (Å²) < 4.78 is 5.91. The Morgan fingerprint density at radius 1 is 1.57 bits per heavy atom. The Hall–Kier alpha value is -0.770. The highest BCUT2D eigenvalue weighted by Crippen LogP contribution is 2.21. The molecule has 3 nitrogen and oxygen atoms in total. The number of carbonyl (C=O) groups is 1. The lowest BCUT2D eigenvalue weighted by atomic mass is 9.92. The van der Waals surface area contributed by atoms with Crippen molar-refractivity contribution in [1.29, 1.82) is 0 Å². The normalized spacial score (nSPS) is 13.1. The van der Waals surface area contributed by atoms with Crippen molar-refractivity contribution in [1.82, 2.24) is 0 Å². The van der Waals surface area contributed by atoms with E-state index in [9.17, 15) is 4.79 Å². The molecule has 0 aliphatic heterocycles. The number of carboxylic acid groups (broad SMARTS) is 1. The van der Waals surface area contributed by atoms with Gasteiger partial charge in [-0.25, -0.2) is 0 Å². The minimum absolute atomic E-state index is 0.108. The minimum Gasteiger partial charge on any atom is -0.481 e. The molecule has 0 bridgehead atoms. The SMILES string of the molecule is CC(C)C(Cc1ccc(Br)o1)C(=O)O. The Bertz CT molecular complexity index is 317. The van der Waals surface area contributed by atoms with E-state index in [0.29, 0.717) is 16.9 Å². The van der Waals surface area contributed by atoms with E-state index in [4.69, 9.17) is 9.52 Å². The van der Waals surface area contributed by atoms with Gasteiger partial charge >= 0.3 is 5.97 Å². The first kappa shape index (κ1) is 11.3. The molecule has 0 aliphatic rings. The molecule has 1 atom stereocenters. The van der Waals surface area contributed by atoms with Crippen molar-refractivity contribution < 1.29 is 14.3 Å². The molecule has 0 saturated heterocycles. The Morgan fingerprint density at radius 2 is 2.21 bits per heavy atom. The molecule has 0 spiro atoms. The minimum atomic E-state index is -0.771. The summed E-state index contributed by atoms with van der Waals surface area (Å²) in [5.74, 6) is -0.338. The fourth-order valence-corrected chi connectivity index (χ4v) is 1.63. The monoisotopic (exact) mass is 260 g/mol. The van der Waals surface area contributed by atoms with Gasteiger partial charge in [0.1, 0.15) is 5.76 Å². The first-order chi connectivity index (χ1) is 6.50. The Kier molecular flexibility index (Phi) is 3.75. The number of aliphatic carboxylic acids is 1. The first-order valence-corrected chi connectivity index (χ1v) is 5.27. The highest BCUT2D eigenvalue weighted by molar-refractivity contribution is 9.10. The maximum Gasteiger partial charge on any atom is 0.307 e. The molecule has 14 heavy (non-hydrogen) atoms. The molecular weight excluding hydrogens is 248 g/mol. The number of halogens is 1. The predicted molar refractivity (Wildman–Crippen MR) is 56.1 cm³/mol. The summed E-state index contributed by atoms with van der Waals surface area (Å²) in [6.07, 6.45) is 0.443. The van der Waals surface area contributed by atoms with Crippen molar-refractivity contribution in [2.75, 3.05) is 0 Å². The third kappa shape index (κ3) is 2.87. The molecule has 0 saturated carbocycles. The van der Waals surface area contributed by atoms with Crippen molar-refractivity contribution in [3.63, 3.8) is 0 Å². The van der Waals surface area contributed by atoms with Gasteiger partial charge in [0, 0.05) is 6.42 Å². The summed E-state index contributed by atoms with van der Waals surface area (Å²) in [4.78, 5) is 10.9. The van der Waals surface area contributed by atoms with Gasteiger partial charge in [-0.05, 0) is 34.0 Å². The smallest absolute Gasteiger partial charge is 0.307 e. The quantitative estimate of drug-likeness (QED) is 0.906. The topological polar surface area (TPSA) is 50.4 Å². The van der Waals surface area contributed by atoms with Crippen molar-refractivity contribution in [2.45, 2.75) is 20.3 Å². The maximum atomic E-state index is 10.9. The van der Waals surface area contributed by atoms with E-state index in [-0.39, 0.29) is 11.8 Å². The molecule has 1 unspecified atom stereocenters. The van der Waals surface area contributed by atoms with Crippen LogP contribution in [0.1, 0.15) is 19.6 Å². The molecule has 0 aliphatic carbocycles. The lowest BCUT2D eigenvalue weighted by molar-refractivity contribution is -0.143. The Labute approximate surface area is 91.2 Å². The molecule has 0 radical (unpaired) electrons. The summed E-state index contributed by atoms with van der Waals surface area (Å²) in [6.45, 7) is 3.80. The van der Waals surface area contributed by atoms with Gasteiger partial charge in [0.25, 0.3) is 0 Å². The largest absolute Gasteiger partial charge is 0.481 e. The molecular formula is C10H13BrO3. The molecule has 0 fully saturated rings. The standard InChI is InChI=1S/C10H13BrO3/c1-6(2)8(10(12)13)5-7-3-4-9(11)14-7/h3-4,6,8H,5H2,1-2H3,(H,12,13). The van der Waals surface area contributed by atoms with Crippen LogP contribution in [0.2, 0.25) is 0 Å². The highest BCUT2D eigenvalue weighted by Gasteiger charge is 2.23. The van der Waals surface area contributed by atoms with E-state index in [0.717, 1.165) is 0 Å². The zero-order valence-electron chi connectivity index (χ0n) is 8.16. The summed E-state index contributed by atoms with van der Waals surface area (Å²) in [6, 6.07) is 3.57. The van der Waals surface area contributed by atoms with Crippen LogP contribution in [0.4, 0.5) is 0 Å². The van der Waals surface area contributed by atoms with Crippen LogP contribution in [-0.4, -0.2) is 11.1 Å². The van der Waals surface area contributed by atoms with Crippen LogP contribution in [0, 0.1) is 11.8 Å². The summed E-state index contributed by atoms with van der Waals surface area (Å²) >= 11 is 3.18. The second-order valence-electron chi connectivity index (χ2n) is 3.60. The van der Waals surface area contributed by atoms with Gasteiger partial charge in [0.15, 0.2) is 4.67 Å². The summed E-state index contributed by atoms with van der Waals surface area (Å²) in [5.41, 5.74) is 0. The lowest BCUT2D eigenvalue weighted by Crippen LogP contribution is -2.21. The molecule has 1 N–H and O–H groups in total. The van der Waals surface area contributed by atoms with E-state index < -0.39 is 5.97 Å². The van der Waals surface area contributed by atoms with Gasteiger partial charge in [0.05, 0.1) is 5.92 Å². The fraction of sp³-hybridized carbons (Fsp3) is 0.500. The van der Waals surface area contributed by atoms with Gasteiger partial charge in [-0.1, -0.05) is 13.8 Å². The van der Waals surface area contributed by atoms with E-state index in [2.05, 4.69) is 15.9 Å². The van der Waals surface area contributed by atoms with Crippen LogP contribution in [0.3, 0.4) is 0 Å². The van der Waals surface area contributed by atoms with Crippen molar-refractivity contribution >= 4 is 21.9 Å². The van der Waals surface area contributed by atoms with Crippen molar-refractivity contribution in [3.05, 3.63) is 22.6 Å². The molecule has 1 aromatic rings.